The number of hydrogen-bond acceptors (Lipinski definition) is 3. The largest absolute Gasteiger partial charge is 0.441 e. The minimum absolute atomic E-state index is 0.0894. The number of carbonyl (C=O) groups excluding carboxylic acids is 1. The van der Waals surface area contributed by atoms with Crippen LogP contribution in [0.5, 0.6) is 0 Å². The van der Waals surface area contributed by atoms with Gasteiger partial charge in [-0.2, -0.15) is 0 Å². The summed E-state index contributed by atoms with van der Waals surface area (Å²) >= 11 is 0. The van der Waals surface area contributed by atoms with E-state index < -0.39 is 0 Å². The van der Waals surface area contributed by atoms with Gasteiger partial charge in [-0.1, -0.05) is 30.3 Å². The first kappa shape index (κ1) is 13.4. The number of aromatic nitrogens is 1. The molecule has 0 saturated heterocycles. The fourth-order valence-electron chi connectivity index (χ4n) is 2.25. The van der Waals surface area contributed by atoms with Crippen molar-refractivity contribution in [2.24, 2.45) is 0 Å². The van der Waals surface area contributed by atoms with Crippen LogP contribution in [0.2, 0.25) is 0 Å². The zero-order chi connectivity index (χ0) is 14.7. The van der Waals surface area contributed by atoms with Crippen molar-refractivity contribution in [2.45, 2.75) is 13.3 Å². The van der Waals surface area contributed by atoms with Crippen molar-refractivity contribution in [1.29, 1.82) is 0 Å². The van der Waals surface area contributed by atoms with Gasteiger partial charge in [0.05, 0.1) is 0 Å². The van der Waals surface area contributed by atoms with E-state index in [1.165, 1.54) is 5.56 Å². The van der Waals surface area contributed by atoms with Gasteiger partial charge in [0.25, 0.3) is 5.91 Å². The van der Waals surface area contributed by atoms with Gasteiger partial charge < -0.3 is 9.73 Å². The highest BCUT2D eigenvalue weighted by Crippen LogP contribution is 2.16. The predicted molar refractivity (Wildman–Crippen MR) is 81.2 cm³/mol. The molecule has 0 radical (unpaired) electrons. The summed E-state index contributed by atoms with van der Waals surface area (Å²) in [7, 11) is 0. The van der Waals surface area contributed by atoms with E-state index in [2.05, 4.69) is 22.4 Å². The molecule has 1 amide bonds. The van der Waals surface area contributed by atoms with E-state index in [-0.39, 0.29) is 5.91 Å². The van der Waals surface area contributed by atoms with Gasteiger partial charge in [0.1, 0.15) is 5.52 Å². The third-order valence-electron chi connectivity index (χ3n) is 3.30. The van der Waals surface area contributed by atoms with Crippen LogP contribution in [-0.2, 0) is 6.42 Å². The maximum absolute atomic E-state index is 12.1. The van der Waals surface area contributed by atoms with Crippen LogP contribution in [0.3, 0.4) is 0 Å². The summed E-state index contributed by atoms with van der Waals surface area (Å²) in [6.07, 6.45) is 0.817. The average Bonchev–Trinajstić information content (AvgIpc) is 2.87. The van der Waals surface area contributed by atoms with Crippen molar-refractivity contribution in [2.75, 3.05) is 6.54 Å². The lowest BCUT2D eigenvalue weighted by Gasteiger charge is -2.05. The van der Waals surface area contributed by atoms with E-state index in [1.807, 2.05) is 18.2 Å². The molecule has 1 heterocycles. The third-order valence-corrected chi connectivity index (χ3v) is 3.30. The van der Waals surface area contributed by atoms with Gasteiger partial charge in [-0.25, -0.2) is 4.98 Å². The Labute approximate surface area is 122 Å². The molecule has 0 spiro atoms. The van der Waals surface area contributed by atoms with Gasteiger partial charge in [-0.15, -0.1) is 0 Å². The molecule has 0 fully saturated rings. The Kier molecular flexibility index (Phi) is 3.69. The number of carbonyl (C=O) groups is 1. The molecule has 0 unspecified atom stereocenters. The van der Waals surface area contributed by atoms with Crippen LogP contribution in [0.1, 0.15) is 21.8 Å². The number of amides is 1. The number of nitrogens with one attached hydrogen (secondary N) is 1. The molecule has 3 aromatic rings. The minimum Gasteiger partial charge on any atom is -0.441 e. The fourth-order valence-corrected chi connectivity index (χ4v) is 2.25. The maximum atomic E-state index is 12.1. The minimum atomic E-state index is -0.0894. The molecule has 1 aromatic heterocycles. The number of benzene rings is 2. The lowest BCUT2D eigenvalue weighted by Crippen LogP contribution is -2.25. The Bertz CT molecular complexity index is 763. The van der Waals surface area contributed by atoms with Gasteiger partial charge in [-0.05, 0) is 30.2 Å². The number of aryl methyl sites for hydroxylation is 1. The van der Waals surface area contributed by atoms with E-state index in [0.717, 1.165) is 6.42 Å². The molecule has 3 rings (SSSR count). The molecule has 0 aliphatic rings. The molecular formula is C17H16N2O2. The molecule has 21 heavy (non-hydrogen) atoms. The molecule has 106 valence electrons. The summed E-state index contributed by atoms with van der Waals surface area (Å²) in [6, 6.07) is 15.4. The molecular weight excluding hydrogens is 264 g/mol. The summed E-state index contributed by atoms with van der Waals surface area (Å²) in [5.74, 6) is 0.514. The Morgan fingerprint density at radius 1 is 1.19 bits per heavy atom. The standard InChI is InChI=1S/C17H16N2O2/c1-12-19-15-11-14(7-8-16(15)21-12)17(20)18-10-9-13-5-3-2-4-6-13/h2-8,11H,9-10H2,1H3,(H,18,20). The van der Waals surface area contributed by atoms with Crippen molar-refractivity contribution in [3.63, 3.8) is 0 Å². The number of fused-ring (bicyclic) bond motifs is 1. The van der Waals surface area contributed by atoms with E-state index in [1.54, 1.807) is 25.1 Å². The van der Waals surface area contributed by atoms with Gasteiger partial charge >= 0.3 is 0 Å². The molecule has 1 N–H and O–H groups in total. The summed E-state index contributed by atoms with van der Waals surface area (Å²) in [5.41, 5.74) is 3.22. The highest BCUT2D eigenvalue weighted by Gasteiger charge is 2.08. The third kappa shape index (κ3) is 3.11. The highest BCUT2D eigenvalue weighted by atomic mass is 16.3. The van der Waals surface area contributed by atoms with Crippen LogP contribution in [0.4, 0.5) is 0 Å². The molecule has 0 atom stereocenters. The normalized spacial score (nSPS) is 10.7. The van der Waals surface area contributed by atoms with Crippen LogP contribution in [0.25, 0.3) is 11.1 Å². The first-order valence-corrected chi connectivity index (χ1v) is 6.92. The Hall–Kier alpha value is -2.62. The van der Waals surface area contributed by atoms with Gasteiger partial charge in [0.2, 0.25) is 0 Å². The Morgan fingerprint density at radius 3 is 2.81 bits per heavy atom. The molecule has 0 aliphatic heterocycles. The van der Waals surface area contributed by atoms with Crippen molar-refractivity contribution < 1.29 is 9.21 Å². The van der Waals surface area contributed by atoms with Crippen molar-refractivity contribution in [3.05, 3.63) is 65.5 Å². The SMILES string of the molecule is Cc1nc2cc(C(=O)NCCc3ccccc3)ccc2o1. The van der Waals surface area contributed by atoms with Crippen LogP contribution in [-0.4, -0.2) is 17.4 Å². The molecule has 0 aliphatic carbocycles. The van der Waals surface area contributed by atoms with E-state index in [0.29, 0.717) is 29.1 Å². The van der Waals surface area contributed by atoms with Crippen molar-refractivity contribution in [3.8, 4) is 0 Å². The highest BCUT2D eigenvalue weighted by molar-refractivity contribution is 5.97. The predicted octanol–water partition coefficient (Wildman–Crippen LogP) is 3.11. The zero-order valence-electron chi connectivity index (χ0n) is 11.8. The van der Waals surface area contributed by atoms with Gasteiger partial charge in [-0.3, -0.25) is 4.79 Å². The topological polar surface area (TPSA) is 55.1 Å². The number of rotatable bonds is 4. The lowest BCUT2D eigenvalue weighted by atomic mass is 10.1. The van der Waals surface area contributed by atoms with Gasteiger partial charge in [0, 0.05) is 19.0 Å². The summed E-state index contributed by atoms with van der Waals surface area (Å²) in [4.78, 5) is 16.4. The first-order valence-electron chi connectivity index (χ1n) is 6.92. The van der Waals surface area contributed by atoms with E-state index >= 15 is 0 Å². The second kappa shape index (κ2) is 5.79. The monoisotopic (exact) mass is 280 g/mol. The van der Waals surface area contributed by atoms with Crippen LogP contribution in [0, 0.1) is 6.92 Å². The Morgan fingerprint density at radius 2 is 2.00 bits per heavy atom. The molecule has 0 bridgehead atoms. The summed E-state index contributed by atoms with van der Waals surface area (Å²) < 4.78 is 5.40. The smallest absolute Gasteiger partial charge is 0.251 e. The quantitative estimate of drug-likeness (QED) is 0.799. The molecule has 0 saturated carbocycles. The lowest BCUT2D eigenvalue weighted by molar-refractivity contribution is 0.0954. The first-order chi connectivity index (χ1) is 10.2. The molecule has 4 heteroatoms. The van der Waals surface area contributed by atoms with Crippen molar-refractivity contribution >= 4 is 17.0 Å². The summed E-state index contributed by atoms with van der Waals surface area (Å²) in [6.45, 7) is 2.40. The van der Waals surface area contributed by atoms with Crippen molar-refractivity contribution in [1.82, 2.24) is 10.3 Å². The second-order valence-corrected chi connectivity index (χ2v) is 4.91. The van der Waals surface area contributed by atoms with Crippen LogP contribution < -0.4 is 5.32 Å². The van der Waals surface area contributed by atoms with E-state index in [9.17, 15) is 4.79 Å². The van der Waals surface area contributed by atoms with Crippen LogP contribution in [0.15, 0.2) is 52.9 Å². The van der Waals surface area contributed by atoms with Gasteiger partial charge in [0.15, 0.2) is 11.5 Å². The average molecular weight is 280 g/mol. The fraction of sp³-hybridized carbons (Fsp3) is 0.176. The molecule has 4 nitrogen and oxygen atoms in total. The van der Waals surface area contributed by atoms with Crippen LogP contribution >= 0.6 is 0 Å². The number of oxazole rings is 1. The summed E-state index contributed by atoms with van der Waals surface area (Å²) in [5, 5.41) is 2.92. The number of hydrogen-bond donors (Lipinski definition) is 1. The maximum Gasteiger partial charge on any atom is 0.251 e. The Balaban J connectivity index is 1.63. The van der Waals surface area contributed by atoms with E-state index in [4.69, 9.17) is 4.42 Å². The zero-order valence-corrected chi connectivity index (χ0v) is 11.8. The molecule has 2 aromatic carbocycles. The second-order valence-electron chi connectivity index (χ2n) is 4.91. The number of nitrogens with zero attached hydrogens (tertiary/aromatic N) is 1.